The van der Waals surface area contributed by atoms with Crippen molar-refractivity contribution < 1.29 is 5.11 Å². The second-order valence-electron chi connectivity index (χ2n) is 5.20. The molecule has 2 atom stereocenters. The van der Waals surface area contributed by atoms with E-state index in [1.54, 1.807) is 0 Å². The van der Waals surface area contributed by atoms with Crippen molar-refractivity contribution >= 4 is 0 Å². The first kappa shape index (κ1) is 11.0. The van der Waals surface area contributed by atoms with E-state index in [-0.39, 0.29) is 6.04 Å². The molecule has 1 aliphatic heterocycles. The zero-order valence-electron chi connectivity index (χ0n) is 9.30. The van der Waals surface area contributed by atoms with E-state index in [1.165, 1.54) is 6.42 Å². The van der Waals surface area contributed by atoms with Gasteiger partial charge in [0.1, 0.15) is 0 Å². The largest absolute Gasteiger partial charge is 0.389 e. The van der Waals surface area contributed by atoms with Gasteiger partial charge < -0.3 is 10.4 Å². The Morgan fingerprint density at radius 2 is 1.92 bits per heavy atom. The van der Waals surface area contributed by atoms with Crippen LogP contribution >= 0.6 is 0 Å². The minimum Gasteiger partial charge on any atom is -0.389 e. The van der Waals surface area contributed by atoms with Crippen LogP contribution in [-0.4, -0.2) is 23.3 Å². The van der Waals surface area contributed by atoms with Crippen LogP contribution in [0.15, 0.2) is 0 Å². The van der Waals surface area contributed by atoms with Gasteiger partial charge in [-0.15, -0.1) is 0 Å². The van der Waals surface area contributed by atoms with Gasteiger partial charge in [0.2, 0.25) is 0 Å². The molecule has 1 rings (SSSR count). The van der Waals surface area contributed by atoms with Crippen LogP contribution in [0.1, 0.15) is 40.5 Å². The third-order valence-electron chi connectivity index (χ3n) is 3.25. The molecule has 0 aromatic rings. The van der Waals surface area contributed by atoms with Crippen molar-refractivity contribution in [2.24, 2.45) is 11.8 Å². The molecule has 1 fully saturated rings. The van der Waals surface area contributed by atoms with E-state index in [0.717, 1.165) is 24.8 Å². The van der Waals surface area contributed by atoms with Crippen LogP contribution in [0, 0.1) is 11.8 Å². The Hall–Kier alpha value is -0.0800. The molecular formula is C11H23NO. The first-order chi connectivity index (χ1) is 5.91. The zero-order chi connectivity index (χ0) is 10.1. The Balaban J connectivity index is 2.39. The first-order valence-electron chi connectivity index (χ1n) is 5.37. The molecule has 0 bridgehead atoms. The van der Waals surface area contributed by atoms with Crippen molar-refractivity contribution in [2.75, 3.05) is 6.54 Å². The quantitative estimate of drug-likeness (QED) is 0.687. The van der Waals surface area contributed by atoms with Gasteiger partial charge in [0.05, 0.1) is 5.60 Å². The lowest BCUT2D eigenvalue weighted by Gasteiger charge is -2.38. The highest BCUT2D eigenvalue weighted by Gasteiger charge is 2.31. The van der Waals surface area contributed by atoms with Gasteiger partial charge in [-0.1, -0.05) is 13.8 Å². The van der Waals surface area contributed by atoms with Crippen molar-refractivity contribution in [3.8, 4) is 0 Å². The summed E-state index contributed by atoms with van der Waals surface area (Å²) in [5.41, 5.74) is -0.568. The maximum atomic E-state index is 9.80. The van der Waals surface area contributed by atoms with Crippen LogP contribution in [0.25, 0.3) is 0 Å². The third-order valence-corrected chi connectivity index (χ3v) is 3.25. The topological polar surface area (TPSA) is 32.3 Å². The number of piperidine rings is 1. The van der Waals surface area contributed by atoms with E-state index in [1.807, 2.05) is 13.8 Å². The molecule has 0 aromatic heterocycles. The smallest absolute Gasteiger partial charge is 0.0744 e. The predicted molar refractivity (Wildman–Crippen MR) is 55.7 cm³/mol. The van der Waals surface area contributed by atoms with Gasteiger partial charge in [-0.2, -0.15) is 0 Å². The lowest BCUT2D eigenvalue weighted by atomic mass is 9.82. The molecule has 1 saturated heterocycles. The Bertz CT molecular complexity index is 152. The molecule has 1 heterocycles. The Kier molecular flexibility index (Phi) is 3.36. The zero-order valence-corrected chi connectivity index (χ0v) is 9.30. The molecule has 2 nitrogen and oxygen atoms in total. The van der Waals surface area contributed by atoms with Crippen LogP contribution in [-0.2, 0) is 0 Å². The lowest BCUT2D eigenvalue weighted by molar-refractivity contribution is 0.0186. The molecule has 0 spiro atoms. The SMILES string of the molecule is CC(C)C1CCC(C(C)(C)O)NC1. The summed E-state index contributed by atoms with van der Waals surface area (Å²) < 4.78 is 0. The number of nitrogens with one attached hydrogen (secondary N) is 1. The lowest BCUT2D eigenvalue weighted by Crippen LogP contribution is -2.51. The summed E-state index contributed by atoms with van der Waals surface area (Å²) in [7, 11) is 0. The second kappa shape index (κ2) is 3.97. The average molecular weight is 185 g/mol. The highest BCUT2D eigenvalue weighted by Crippen LogP contribution is 2.25. The molecule has 2 N–H and O–H groups in total. The molecule has 0 saturated carbocycles. The number of aliphatic hydroxyl groups is 1. The van der Waals surface area contributed by atoms with E-state index in [9.17, 15) is 5.11 Å². The van der Waals surface area contributed by atoms with E-state index in [0.29, 0.717) is 0 Å². The number of hydrogen-bond acceptors (Lipinski definition) is 2. The molecule has 2 unspecified atom stereocenters. The van der Waals surface area contributed by atoms with Gasteiger partial charge in [-0.25, -0.2) is 0 Å². The highest BCUT2D eigenvalue weighted by molar-refractivity contribution is 4.89. The second-order valence-corrected chi connectivity index (χ2v) is 5.20. The molecule has 0 aliphatic carbocycles. The highest BCUT2D eigenvalue weighted by atomic mass is 16.3. The molecule has 13 heavy (non-hydrogen) atoms. The predicted octanol–water partition coefficient (Wildman–Crippen LogP) is 1.78. The summed E-state index contributed by atoms with van der Waals surface area (Å²) in [6.45, 7) is 9.39. The van der Waals surface area contributed by atoms with E-state index in [2.05, 4.69) is 19.2 Å². The van der Waals surface area contributed by atoms with Gasteiger partial charge >= 0.3 is 0 Å². The van der Waals surface area contributed by atoms with Crippen molar-refractivity contribution in [2.45, 2.75) is 52.2 Å². The van der Waals surface area contributed by atoms with Gasteiger partial charge in [0.15, 0.2) is 0 Å². The van der Waals surface area contributed by atoms with Crippen molar-refractivity contribution in [1.29, 1.82) is 0 Å². The molecular weight excluding hydrogens is 162 g/mol. The number of hydrogen-bond donors (Lipinski definition) is 2. The van der Waals surface area contributed by atoms with Gasteiger partial charge in [0, 0.05) is 6.04 Å². The molecule has 78 valence electrons. The Morgan fingerprint density at radius 3 is 2.23 bits per heavy atom. The summed E-state index contributed by atoms with van der Waals surface area (Å²) in [6, 6.07) is 0.280. The first-order valence-corrected chi connectivity index (χ1v) is 5.37. The summed E-state index contributed by atoms with van der Waals surface area (Å²) in [5.74, 6) is 1.55. The van der Waals surface area contributed by atoms with Crippen molar-refractivity contribution in [1.82, 2.24) is 5.32 Å². The maximum Gasteiger partial charge on any atom is 0.0744 e. The standard InChI is InChI=1S/C11H23NO/c1-8(2)9-5-6-10(12-7-9)11(3,4)13/h8-10,12-13H,5-7H2,1-4H3. The fraction of sp³-hybridized carbons (Fsp3) is 1.00. The third kappa shape index (κ3) is 2.96. The van der Waals surface area contributed by atoms with Crippen molar-refractivity contribution in [3.05, 3.63) is 0 Å². The van der Waals surface area contributed by atoms with E-state index in [4.69, 9.17) is 0 Å². The van der Waals surface area contributed by atoms with Crippen molar-refractivity contribution in [3.63, 3.8) is 0 Å². The molecule has 0 amide bonds. The van der Waals surface area contributed by atoms with Crippen LogP contribution < -0.4 is 5.32 Å². The molecule has 1 aliphatic rings. The molecule has 0 aromatic carbocycles. The fourth-order valence-corrected chi connectivity index (χ4v) is 2.05. The van der Waals surface area contributed by atoms with Gasteiger partial charge in [-0.05, 0) is 45.1 Å². The van der Waals surface area contributed by atoms with Crippen LogP contribution in [0.5, 0.6) is 0 Å². The Morgan fingerprint density at radius 1 is 1.31 bits per heavy atom. The minimum absolute atomic E-state index is 0.280. The summed E-state index contributed by atoms with van der Waals surface area (Å²) in [4.78, 5) is 0. The monoisotopic (exact) mass is 185 g/mol. The molecule has 0 radical (unpaired) electrons. The fourth-order valence-electron chi connectivity index (χ4n) is 2.05. The minimum atomic E-state index is -0.568. The van der Waals surface area contributed by atoms with Gasteiger partial charge in [0.25, 0.3) is 0 Å². The average Bonchev–Trinajstić information content (AvgIpc) is 2.03. The van der Waals surface area contributed by atoms with E-state index < -0.39 is 5.60 Å². The molecule has 2 heteroatoms. The normalized spacial score (nSPS) is 30.9. The number of rotatable bonds is 2. The summed E-state index contributed by atoms with van der Waals surface area (Å²) >= 11 is 0. The Labute approximate surface area is 81.7 Å². The van der Waals surface area contributed by atoms with Gasteiger partial charge in [-0.3, -0.25) is 0 Å². The maximum absolute atomic E-state index is 9.80. The van der Waals surface area contributed by atoms with Crippen LogP contribution in [0.2, 0.25) is 0 Å². The van der Waals surface area contributed by atoms with Crippen LogP contribution in [0.3, 0.4) is 0 Å². The van der Waals surface area contributed by atoms with E-state index >= 15 is 0 Å². The summed E-state index contributed by atoms with van der Waals surface area (Å²) in [6.07, 6.45) is 2.35. The van der Waals surface area contributed by atoms with Crippen LogP contribution in [0.4, 0.5) is 0 Å². The summed E-state index contributed by atoms with van der Waals surface area (Å²) in [5, 5.41) is 13.2.